The Morgan fingerprint density at radius 1 is 1.21 bits per heavy atom. The molecule has 3 aromatic rings. The summed E-state index contributed by atoms with van der Waals surface area (Å²) in [6.07, 6.45) is 5.89. The monoisotopic (exact) mass is 321 g/mol. The molecular weight excluding hydrogens is 302 g/mol. The Kier molecular flexibility index (Phi) is 4.72. The first-order valence-corrected chi connectivity index (χ1v) is 7.78. The van der Waals surface area contributed by atoms with Crippen LogP contribution in [0.3, 0.4) is 0 Å². The van der Waals surface area contributed by atoms with E-state index in [-0.39, 0.29) is 10.6 Å². The fourth-order valence-corrected chi connectivity index (χ4v) is 2.75. The molecule has 0 amide bonds. The Balaban J connectivity index is 1.63. The van der Waals surface area contributed by atoms with Crippen LogP contribution in [0.2, 0.25) is 0 Å². The highest BCUT2D eigenvalue weighted by molar-refractivity contribution is 5.82. The fourth-order valence-electron chi connectivity index (χ4n) is 2.75. The van der Waals surface area contributed by atoms with Gasteiger partial charge in [-0.25, -0.2) is 0 Å². The summed E-state index contributed by atoms with van der Waals surface area (Å²) in [5, 5.41) is 12.0. The minimum atomic E-state index is -0.375. The molecule has 0 aliphatic rings. The van der Waals surface area contributed by atoms with Gasteiger partial charge in [-0.05, 0) is 29.6 Å². The molecule has 5 heteroatoms. The quantitative estimate of drug-likeness (QED) is 0.546. The maximum Gasteiger partial charge on any atom is 0.270 e. The fraction of sp³-hybridized carbons (Fsp3) is 0.158. The van der Waals surface area contributed by atoms with Crippen LogP contribution in [0, 0.1) is 10.1 Å². The van der Waals surface area contributed by atoms with Crippen LogP contribution in [0.25, 0.3) is 17.0 Å². The van der Waals surface area contributed by atoms with E-state index in [2.05, 4.69) is 41.2 Å². The van der Waals surface area contributed by atoms with Crippen LogP contribution in [0.4, 0.5) is 5.69 Å². The van der Waals surface area contributed by atoms with Crippen LogP contribution in [0.15, 0.2) is 60.8 Å². The molecule has 0 spiro atoms. The number of aromatic nitrogens is 1. The maximum absolute atomic E-state index is 10.8. The third kappa shape index (κ3) is 3.70. The predicted molar refractivity (Wildman–Crippen MR) is 96.8 cm³/mol. The standard InChI is InChI=1S/C19H19N3O2/c1-21(14-17-8-3-7-16-10-11-20-19(16)17)12-4-6-15-5-2-9-18(13-15)22(23)24/h2-11,13,20H,12,14H2,1H3. The Hall–Kier alpha value is -2.92. The van der Waals surface area contributed by atoms with Crippen LogP contribution in [0.1, 0.15) is 11.1 Å². The van der Waals surface area contributed by atoms with Gasteiger partial charge in [0.1, 0.15) is 0 Å². The minimum Gasteiger partial charge on any atom is -0.361 e. The van der Waals surface area contributed by atoms with Crippen molar-refractivity contribution in [2.24, 2.45) is 0 Å². The third-order valence-electron chi connectivity index (χ3n) is 3.92. The molecule has 0 bridgehead atoms. The lowest BCUT2D eigenvalue weighted by Crippen LogP contribution is -2.17. The number of nitro benzene ring substituents is 1. The molecule has 0 atom stereocenters. The lowest BCUT2D eigenvalue weighted by atomic mass is 10.1. The molecule has 0 unspecified atom stereocenters. The van der Waals surface area contributed by atoms with Crippen molar-refractivity contribution in [2.75, 3.05) is 13.6 Å². The number of aromatic amines is 1. The van der Waals surface area contributed by atoms with E-state index < -0.39 is 0 Å². The van der Waals surface area contributed by atoms with Gasteiger partial charge in [-0.3, -0.25) is 15.0 Å². The summed E-state index contributed by atoms with van der Waals surface area (Å²) in [5.74, 6) is 0. The zero-order valence-electron chi connectivity index (χ0n) is 13.5. The van der Waals surface area contributed by atoms with Gasteiger partial charge in [0.15, 0.2) is 0 Å². The van der Waals surface area contributed by atoms with E-state index in [4.69, 9.17) is 0 Å². The summed E-state index contributed by atoms with van der Waals surface area (Å²) in [4.78, 5) is 15.9. The molecule has 24 heavy (non-hydrogen) atoms. The van der Waals surface area contributed by atoms with Gasteiger partial charge in [0.2, 0.25) is 0 Å². The predicted octanol–water partition coefficient (Wildman–Crippen LogP) is 4.22. The van der Waals surface area contributed by atoms with E-state index in [1.54, 1.807) is 12.1 Å². The first kappa shape index (κ1) is 16.0. The third-order valence-corrected chi connectivity index (χ3v) is 3.92. The van der Waals surface area contributed by atoms with Crippen molar-refractivity contribution in [3.8, 4) is 0 Å². The summed E-state index contributed by atoms with van der Waals surface area (Å²) in [7, 11) is 2.06. The van der Waals surface area contributed by atoms with Crippen molar-refractivity contribution in [3.05, 3.63) is 82.0 Å². The smallest absolute Gasteiger partial charge is 0.270 e. The topological polar surface area (TPSA) is 62.2 Å². The molecule has 5 nitrogen and oxygen atoms in total. The van der Waals surface area contributed by atoms with Crippen molar-refractivity contribution < 1.29 is 4.92 Å². The first-order valence-electron chi connectivity index (χ1n) is 7.78. The largest absolute Gasteiger partial charge is 0.361 e. The van der Waals surface area contributed by atoms with Gasteiger partial charge in [0, 0.05) is 36.9 Å². The van der Waals surface area contributed by atoms with Gasteiger partial charge in [-0.15, -0.1) is 0 Å². The number of hydrogen-bond donors (Lipinski definition) is 1. The lowest BCUT2D eigenvalue weighted by Gasteiger charge is -2.15. The van der Waals surface area contributed by atoms with Gasteiger partial charge in [0.05, 0.1) is 4.92 Å². The second kappa shape index (κ2) is 7.10. The van der Waals surface area contributed by atoms with Gasteiger partial charge in [-0.1, -0.05) is 42.5 Å². The zero-order valence-corrected chi connectivity index (χ0v) is 13.5. The second-order valence-electron chi connectivity index (χ2n) is 5.81. The van der Waals surface area contributed by atoms with Crippen LogP contribution < -0.4 is 0 Å². The second-order valence-corrected chi connectivity index (χ2v) is 5.81. The molecular formula is C19H19N3O2. The van der Waals surface area contributed by atoms with Gasteiger partial charge >= 0.3 is 0 Å². The van der Waals surface area contributed by atoms with Crippen molar-refractivity contribution in [3.63, 3.8) is 0 Å². The maximum atomic E-state index is 10.8. The van der Waals surface area contributed by atoms with Gasteiger partial charge in [0.25, 0.3) is 5.69 Å². The van der Waals surface area contributed by atoms with Crippen LogP contribution in [-0.2, 0) is 6.54 Å². The lowest BCUT2D eigenvalue weighted by molar-refractivity contribution is -0.384. The zero-order chi connectivity index (χ0) is 16.9. The summed E-state index contributed by atoms with van der Waals surface area (Å²) < 4.78 is 0. The highest BCUT2D eigenvalue weighted by atomic mass is 16.6. The molecule has 1 aromatic heterocycles. The number of likely N-dealkylation sites (N-methyl/N-ethyl adjacent to an activating group) is 1. The highest BCUT2D eigenvalue weighted by Crippen LogP contribution is 2.18. The molecule has 0 aliphatic carbocycles. The number of H-pyrrole nitrogens is 1. The Bertz CT molecular complexity index is 883. The normalized spacial score (nSPS) is 11.6. The molecule has 1 heterocycles. The number of nitrogens with one attached hydrogen (secondary N) is 1. The molecule has 2 aromatic carbocycles. The SMILES string of the molecule is CN(CC=Cc1cccc([N+](=O)[O-])c1)Cc1cccc2cc[nH]c12. The number of non-ortho nitro benzene ring substituents is 1. The number of hydrogen-bond acceptors (Lipinski definition) is 3. The van der Waals surface area contributed by atoms with Gasteiger partial charge in [-0.2, -0.15) is 0 Å². The molecule has 0 fully saturated rings. The van der Waals surface area contributed by atoms with Crippen molar-refractivity contribution >= 4 is 22.7 Å². The molecule has 0 saturated carbocycles. The van der Waals surface area contributed by atoms with Crippen LogP contribution in [0.5, 0.6) is 0 Å². The van der Waals surface area contributed by atoms with Crippen molar-refractivity contribution in [2.45, 2.75) is 6.54 Å². The number of para-hydroxylation sites is 1. The van der Waals surface area contributed by atoms with E-state index in [1.807, 2.05) is 24.4 Å². The van der Waals surface area contributed by atoms with Crippen LogP contribution in [-0.4, -0.2) is 28.4 Å². The van der Waals surface area contributed by atoms with E-state index in [9.17, 15) is 10.1 Å². The minimum absolute atomic E-state index is 0.115. The van der Waals surface area contributed by atoms with E-state index in [0.717, 1.165) is 18.7 Å². The summed E-state index contributed by atoms with van der Waals surface area (Å²) in [6.45, 7) is 1.59. The van der Waals surface area contributed by atoms with Gasteiger partial charge < -0.3 is 4.98 Å². The average Bonchev–Trinajstić information content (AvgIpc) is 3.05. The molecule has 0 radical (unpaired) electrons. The Morgan fingerprint density at radius 2 is 2.04 bits per heavy atom. The molecule has 1 N–H and O–H groups in total. The Morgan fingerprint density at radius 3 is 2.88 bits per heavy atom. The number of nitro groups is 1. The van der Waals surface area contributed by atoms with Crippen molar-refractivity contribution in [1.29, 1.82) is 0 Å². The summed E-state index contributed by atoms with van der Waals surface area (Å²) in [5.41, 5.74) is 3.38. The van der Waals surface area contributed by atoms with E-state index in [0.29, 0.717) is 0 Å². The van der Waals surface area contributed by atoms with E-state index >= 15 is 0 Å². The molecule has 0 saturated heterocycles. The van der Waals surface area contributed by atoms with Crippen molar-refractivity contribution in [1.82, 2.24) is 9.88 Å². The number of fused-ring (bicyclic) bond motifs is 1. The van der Waals surface area contributed by atoms with Crippen LogP contribution >= 0.6 is 0 Å². The average molecular weight is 321 g/mol. The number of nitrogens with zero attached hydrogens (tertiary/aromatic N) is 2. The number of benzene rings is 2. The van der Waals surface area contributed by atoms with E-state index in [1.165, 1.54) is 22.5 Å². The molecule has 0 aliphatic heterocycles. The molecule has 122 valence electrons. The molecule has 3 rings (SSSR count). The highest BCUT2D eigenvalue weighted by Gasteiger charge is 2.05. The Labute approximate surface area is 140 Å². The first-order chi connectivity index (χ1) is 11.6. The summed E-state index contributed by atoms with van der Waals surface area (Å²) in [6, 6.07) is 15.0. The summed E-state index contributed by atoms with van der Waals surface area (Å²) >= 11 is 0. The number of rotatable bonds is 6.